The minimum absolute atomic E-state index is 0.103. The molecule has 1 rings (SSSR count). The highest BCUT2D eigenvalue weighted by molar-refractivity contribution is 9.10. The van der Waals surface area contributed by atoms with Crippen LogP contribution < -0.4 is 10.6 Å². The minimum Gasteiger partial charge on any atom is -0.325 e. The van der Waals surface area contributed by atoms with Crippen molar-refractivity contribution in [2.24, 2.45) is 0 Å². The Hall–Kier alpha value is -1.31. The molecule has 2 N–H and O–H groups in total. The van der Waals surface area contributed by atoms with Crippen molar-refractivity contribution in [2.45, 2.75) is 13.0 Å². The Morgan fingerprint density at radius 2 is 2.38 bits per heavy atom. The molecule has 0 saturated heterocycles. The quantitative estimate of drug-likeness (QED) is 0.829. The molecular formula is C12H13BrN2O. The fraction of sp³-hybridized carbons (Fsp3) is 0.250. The van der Waals surface area contributed by atoms with Crippen LogP contribution in [0, 0.1) is 12.3 Å². The molecule has 1 amide bonds. The molecule has 0 saturated carbocycles. The van der Waals surface area contributed by atoms with Gasteiger partial charge >= 0.3 is 0 Å². The average Bonchev–Trinajstić information content (AvgIpc) is 2.26. The first-order valence-corrected chi connectivity index (χ1v) is 5.66. The first-order valence-electron chi connectivity index (χ1n) is 4.86. The van der Waals surface area contributed by atoms with Gasteiger partial charge in [0.05, 0.1) is 12.6 Å². The van der Waals surface area contributed by atoms with Crippen LogP contribution in [0.5, 0.6) is 0 Å². The molecule has 0 aliphatic rings. The molecule has 1 unspecified atom stereocenters. The van der Waals surface area contributed by atoms with Gasteiger partial charge in [-0.1, -0.05) is 27.9 Å². The van der Waals surface area contributed by atoms with E-state index in [0.29, 0.717) is 0 Å². The van der Waals surface area contributed by atoms with Gasteiger partial charge in [-0.3, -0.25) is 10.1 Å². The third-order valence-corrected chi connectivity index (χ3v) is 2.42. The zero-order valence-corrected chi connectivity index (χ0v) is 10.5. The molecule has 0 fully saturated rings. The summed E-state index contributed by atoms with van der Waals surface area (Å²) in [6, 6.07) is 7.31. The number of rotatable bonds is 4. The predicted octanol–water partition coefficient (Wildman–Crippen LogP) is 2.00. The van der Waals surface area contributed by atoms with Gasteiger partial charge in [-0.2, -0.15) is 0 Å². The number of terminal acetylenes is 1. The lowest BCUT2D eigenvalue weighted by Crippen LogP contribution is -2.33. The van der Waals surface area contributed by atoms with E-state index in [1.165, 1.54) is 0 Å². The molecule has 1 atom stereocenters. The van der Waals surface area contributed by atoms with E-state index < -0.39 is 0 Å². The van der Waals surface area contributed by atoms with Gasteiger partial charge in [0.25, 0.3) is 0 Å². The first kappa shape index (κ1) is 12.8. The molecule has 0 spiro atoms. The van der Waals surface area contributed by atoms with Crippen LogP contribution in [-0.4, -0.2) is 18.5 Å². The van der Waals surface area contributed by atoms with Crippen LogP contribution in [0.4, 0.5) is 5.69 Å². The van der Waals surface area contributed by atoms with Crippen molar-refractivity contribution in [1.82, 2.24) is 5.32 Å². The molecule has 0 radical (unpaired) electrons. The summed E-state index contributed by atoms with van der Waals surface area (Å²) in [5.74, 6) is 2.38. The van der Waals surface area contributed by atoms with Gasteiger partial charge in [0.2, 0.25) is 5.91 Å². The average molecular weight is 281 g/mol. The molecule has 0 heterocycles. The highest BCUT2D eigenvalue weighted by atomic mass is 79.9. The Bertz CT molecular complexity index is 412. The van der Waals surface area contributed by atoms with Gasteiger partial charge in [0.15, 0.2) is 0 Å². The highest BCUT2D eigenvalue weighted by Gasteiger charge is 2.03. The number of hydrogen-bond acceptors (Lipinski definition) is 2. The van der Waals surface area contributed by atoms with Gasteiger partial charge in [-0.15, -0.1) is 6.42 Å². The molecule has 0 aromatic heterocycles. The fourth-order valence-corrected chi connectivity index (χ4v) is 1.48. The number of amides is 1. The van der Waals surface area contributed by atoms with Crippen molar-refractivity contribution < 1.29 is 4.79 Å². The lowest BCUT2D eigenvalue weighted by molar-refractivity contribution is -0.115. The van der Waals surface area contributed by atoms with E-state index in [4.69, 9.17) is 6.42 Å². The second kappa shape index (κ2) is 6.31. The summed E-state index contributed by atoms with van der Waals surface area (Å²) in [5, 5.41) is 5.67. The van der Waals surface area contributed by atoms with E-state index >= 15 is 0 Å². The fourth-order valence-electron chi connectivity index (χ4n) is 1.08. The summed E-state index contributed by atoms with van der Waals surface area (Å²) in [4.78, 5) is 11.5. The summed E-state index contributed by atoms with van der Waals surface area (Å²) in [7, 11) is 0. The van der Waals surface area contributed by atoms with Crippen LogP contribution >= 0.6 is 15.9 Å². The third-order valence-electron chi connectivity index (χ3n) is 1.93. The van der Waals surface area contributed by atoms with Crippen molar-refractivity contribution in [2.75, 3.05) is 11.9 Å². The Labute approximate surface area is 104 Å². The summed E-state index contributed by atoms with van der Waals surface area (Å²) in [6.07, 6.45) is 5.18. The number of nitrogens with one attached hydrogen (secondary N) is 2. The molecule has 84 valence electrons. The van der Waals surface area contributed by atoms with Crippen LogP contribution in [0.25, 0.3) is 0 Å². The third kappa shape index (κ3) is 4.47. The maximum Gasteiger partial charge on any atom is 0.238 e. The molecule has 1 aromatic rings. The van der Waals surface area contributed by atoms with Crippen LogP contribution in [0.1, 0.15) is 6.92 Å². The number of carbonyl (C=O) groups excluding carboxylic acids is 1. The van der Waals surface area contributed by atoms with Crippen molar-refractivity contribution >= 4 is 27.5 Å². The molecule has 0 bridgehead atoms. The van der Waals surface area contributed by atoms with E-state index in [-0.39, 0.29) is 18.5 Å². The number of benzene rings is 1. The maximum atomic E-state index is 11.5. The Morgan fingerprint density at radius 1 is 1.62 bits per heavy atom. The molecule has 0 aliphatic carbocycles. The number of halogens is 1. The largest absolute Gasteiger partial charge is 0.325 e. The predicted molar refractivity (Wildman–Crippen MR) is 69.1 cm³/mol. The summed E-state index contributed by atoms with van der Waals surface area (Å²) < 4.78 is 0.926. The molecule has 0 aliphatic heterocycles. The van der Waals surface area contributed by atoms with Crippen molar-refractivity contribution in [3.05, 3.63) is 28.7 Å². The normalized spacial score (nSPS) is 11.6. The molecule has 1 aromatic carbocycles. The second-order valence-corrected chi connectivity index (χ2v) is 4.24. The van der Waals surface area contributed by atoms with Gasteiger partial charge in [-0.25, -0.2) is 0 Å². The van der Waals surface area contributed by atoms with E-state index in [2.05, 4.69) is 32.5 Å². The monoisotopic (exact) mass is 280 g/mol. The van der Waals surface area contributed by atoms with Crippen molar-refractivity contribution in [1.29, 1.82) is 0 Å². The summed E-state index contributed by atoms with van der Waals surface area (Å²) in [5.41, 5.74) is 0.759. The number of hydrogen-bond donors (Lipinski definition) is 2. The van der Waals surface area contributed by atoms with Gasteiger partial charge in [0, 0.05) is 10.2 Å². The molecular weight excluding hydrogens is 268 g/mol. The zero-order chi connectivity index (χ0) is 12.0. The summed E-state index contributed by atoms with van der Waals surface area (Å²) in [6.45, 7) is 2.03. The smallest absolute Gasteiger partial charge is 0.238 e. The Kier molecular flexibility index (Phi) is 5.03. The lowest BCUT2D eigenvalue weighted by Gasteiger charge is -2.08. The van der Waals surface area contributed by atoms with Crippen molar-refractivity contribution in [3.8, 4) is 12.3 Å². The van der Waals surface area contributed by atoms with Crippen LogP contribution in [0.3, 0.4) is 0 Å². The van der Waals surface area contributed by atoms with Crippen molar-refractivity contribution in [3.63, 3.8) is 0 Å². The van der Waals surface area contributed by atoms with Crippen LogP contribution in [0.2, 0.25) is 0 Å². The molecule has 3 nitrogen and oxygen atoms in total. The Balaban J connectivity index is 2.43. The van der Waals surface area contributed by atoms with E-state index in [1.807, 2.05) is 31.2 Å². The molecule has 16 heavy (non-hydrogen) atoms. The van der Waals surface area contributed by atoms with Crippen LogP contribution in [0.15, 0.2) is 28.7 Å². The van der Waals surface area contributed by atoms with Crippen LogP contribution in [-0.2, 0) is 4.79 Å². The highest BCUT2D eigenvalue weighted by Crippen LogP contribution is 2.15. The van der Waals surface area contributed by atoms with Gasteiger partial charge < -0.3 is 5.32 Å². The zero-order valence-electron chi connectivity index (χ0n) is 8.96. The molecule has 4 heteroatoms. The number of carbonyl (C=O) groups is 1. The van der Waals surface area contributed by atoms with E-state index in [0.717, 1.165) is 10.2 Å². The lowest BCUT2D eigenvalue weighted by atomic mass is 10.3. The first-order chi connectivity index (χ1) is 7.61. The summed E-state index contributed by atoms with van der Waals surface area (Å²) >= 11 is 3.33. The van der Waals surface area contributed by atoms with Gasteiger partial charge in [-0.05, 0) is 25.1 Å². The topological polar surface area (TPSA) is 41.1 Å². The van der Waals surface area contributed by atoms with Gasteiger partial charge in [0.1, 0.15) is 0 Å². The number of anilines is 1. The Morgan fingerprint density at radius 3 is 3.00 bits per heavy atom. The van der Waals surface area contributed by atoms with E-state index in [1.54, 1.807) is 0 Å². The SMILES string of the molecule is C#CC(C)NCC(=O)Nc1cccc(Br)c1. The minimum atomic E-state index is -0.111. The standard InChI is InChI=1S/C12H13BrN2O/c1-3-9(2)14-8-12(16)15-11-6-4-5-10(13)7-11/h1,4-7,9,14H,8H2,2H3,(H,15,16). The van der Waals surface area contributed by atoms with E-state index in [9.17, 15) is 4.79 Å². The second-order valence-electron chi connectivity index (χ2n) is 3.33. The maximum absolute atomic E-state index is 11.5.